The first-order valence-electron chi connectivity index (χ1n) is 3.10. The first-order valence-corrected chi connectivity index (χ1v) is 4.95. The van der Waals surface area contributed by atoms with E-state index in [1.807, 2.05) is 0 Å². The smallest absolute Gasteiger partial charge is 0.380 e. The van der Waals surface area contributed by atoms with Crippen molar-refractivity contribution in [2.45, 2.75) is 0 Å². The first kappa shape index (κ1) is 10.1. The molecule has 0 unspecified atom stereocenters. The summed E-state index contributed by atoms with van der Waals surface area (Å²) in [5, 5.41) is 13.8. The number of rotatable bonds is 2. The Morgan fingerprint density at radius 1 is 1.46 bits per heavy atom. The molecule has 0 heterocycles. The molecule has 5 nitrogen and oxygen atoms in total. The normalized spacial score (nSPS) is 11.2. The topological polar surface area (TPSA) is 89.6 Å². The summed E-state index contributed by atoms with van der Waals surface area (Å²) in [6, 6.07) is 4.03. The van der Waals surface area contributed by atoms with Crippen LogP contribution in [0.4, 0.5) is 0 Å². The number of para-hydroxylation sites is 1. The standard InChI is InChI=1S/C6H6ClNO4S/c7-4-2-1-3-5(6(4)9)12-13(8,10)11/h1-3,9H,(H2,8,10,11). The maximum atomic E-state index is 10.5. The van der Waals surface area contributed by atoms with Crippen LogP contribution in [0.3, 0.4) is 0 Å². The van der Waals surface area contributed by atoms with Gasteiger partial charge in [0, 0.05) is 0 Å². The Hall–Kier alpha value is -0.980. The molecular weight excluding hydrogens is 218 g/mol. The van der Waals surface area contributed by atoms with Crippen molar-refractivity contribution in [3.63, 3.8) is 0 Å². The predicted octanol–water partition coefficient (Wildman–Crippen LogP) is 0.628. The third kappa shape index (κ3) is 2.76. The van der Waals surface area contributed by atoms with E-state index in [4.69, 9.17) is 11.6 Å². The van der Waals surface area contributed by atoms with Gasteiger partial charge in [0.15, 0.2) is 11.5 Å². The highest BCUT2D eigenvalue weighted by atomic mass is 35.5. The van der Waals surface area contributed by atoms with Gasteiger partial charge in [0.25, 0.3) is 0 Å². The summed E-state index contributed by atoms with van der Waals surface area (Å²) < 4.78 is 25.2. The van der Waals surface area contributed by atoms with Crippen molar-refractivity contribution in [3.05, 3.63) is 23.2 Å². The summed E-state index contributed by atoms with van der Waals surface area (Å²) in [6.07, 6.45) is 0. The van der Waals surface area contributed by atoms with Gasteiger partial charge in [-0.05, 0) is 12.1 Å². The highest BCUT2D eigenvalue weighted by Crippen LogP contribution is 2.33. The lowest BCUT2D eigenvalue weighted by molar-refractivity contribution is 0.429. The maximum absolute atomic E-state index is 10.5. The molecule has 0 spiro atoms. The van der Waals surface area contributed by atoms with Gasteiger partial charge in [-0.25, -0.2) is 0 Å². The van der Waals surface area contributed by atoms with E-state index in [2.05, 4.69) is 9.32 Å². The van der Waals surface area contributed by atoms with E-state index in [-0.39, 0.29) is 10.8 Å². The van der Waals surface area contributed by atoms with Crippen LogP contribution in [0.15, 0.2) is 18.2 Å². The van der Waals surface area contributed by atoms with Crippen LogP contribution in [-0.2, 0) is 10.3 Å². The van der Waals surface area contributed by atoms with Gasteiger partial charge in [-0.3, -0.25) is 0 Å². The SMILES string of the molecule is NS(=O)(=O)Oc1cccc(Cl)c1O. The Bertz CT molecular complexity index is 417. The predicted molar refractivity (Wildman–Crippen MR) is 46.9 cm³/mol. The fraction of sp³-hybridized carbons (Fsp3) is 0. The Kier molecular flexibility index (Phi) is 2.65. The van der Waals surface area contributed by atoms with Crippen molar-refractivity contribution in [1.29, 1.82) is 0 Å². The summed E-state index contributed by atoms with van der Waals surface area (Å²) in [5.74, 6) is -0.756. The summed E-state index contributed by atoms with van der Waals surface area (Å²) >= 11 is 5.48. The molecule has 0 bridgehead atoms. The van der Waals surface area contributed by atoms with Gasteiger partial charge in [-0.2, -0.15) is 13.6 Å². The number of phenolic OH excluding ortho intramolecular Hbond substituents is 1. The molecule has 0 radical (unpaired) electrons. The highest BCUT2D eigenvalue weighted by molar-refractivity contribution is 7.84. The van der Waals surface area contributed by atoms with Crippen LogP contribution in [-0.4, -0.2) is 13.5 Å². The van der Waals surface area contributed by atoms with Crippen molar-refractivity contribution < 1.29 is 17.7 Å². The van der Waals surface area contributed by atoms with E-state index < -0.39 is 16.1 Å². The van der Waals surface area contributed by atoms with E-state index in [0.29, 0.717) is 0 Å². The summed E-state index contributed by atoms with van der Waals surface area (Å²) in [5.41, 5.74) is 0. The van der Waals surface area contributed by atoms with Crippen LogP contribution in [0.2, 0.25) is 5.02 Å². The number of nitrogens with two attached hydrogens (primary N) is 1. The van der Waals surface area contributed by atoms with Gasteiger partial charge in [-0.15, -0.1) is 0 Å². The molecule has 13 heavy (non-hydrogen) atoms. The minimum Gasteiger partial charge on any atom is -0.503 e. The average molecular weight is 224 g/mol. The summed E-state index contributed by atoms with van der Waals surface area (Å²) in [6.45, 7) is 0. The van der Waals surface area contributed by atoms with Gasteiger partial charge in [0.2, 0.25) is 0 Å². The van der Waals surface area contributed by atoms with Crippen LogP contribution in [0, 0.1) is 0 Å². The number of phenols is 1. The van der Waals surface area contributed by atoms with E-state index in [1.165, 1.54) is 18.2 Å². The molecule has 1 rings (SSSR count). The number of halogens is 1. The third-order valence-corrected chi connectivity index (χ3v) is 1.87. The summed E-state index contributed by atoms with van der Waals surface area (Å²) in [4.78, 5) is 0. The van der Waals surface area contributed by atoms with Gasteiger partial charge < -0.3 is 9.29 Å². The lowest BCUT2D eigenvalue weighted by atomic mass is 10.3. The zero-order chi connectivity index (χ0) is 10.1. The molecule has 1 aromatic rings. The monoisotopic (exact) mass is 223 g/mol. The number of benzene rings is 1. The fourth-order valence-corrected chi connectivity index (χ4v) is 1.24. The van der Waals surface area contributed by atoms with Crippen molar-refractivity contribution in [3.8, 4) is 11.5 Å². The molecule has 0 saturated heterocycles. The second kappa shape index (κ2) is 3.41. The van der Waals surface area contributed by atoms with E-state index in [1.54, 1.807) is 0 Å². The van der Waals surface area contributed by atoms with Crippen LogP contribution >= 0.6 is 11.6 Å². The molecular formula is C6H6ClNO4S. The van der Waals surface area contributed by atoms with Crippen molar-refractivity contribution in [1.82, 2.24) is 0 Å². The molecule has 0 aromatic heterocycles. The third-order valence-electron chi connectivity index (χ3n) is 1.16. The molecule has 0 atom stereocenters. The molecule has 0 aliphatic carbocycles. The second-order valence-electron chi connectivity index (χ2n) is 2.16. The quantitative estimate of drug-likeness (QED) is 0.770. The minimum atomic E-state index is -4.14. The number of aromatic hydroxyl groups is 1. The van der Waals surface area contributed by atoms with Crippen molar-refractivity contribution in [2.75, 3.05) is 0 Å². The average Bonchev–Trinajstić information content (AvgIpc) is 1.96. The molecule has 72 valence electrons. The van der Waals surface area contributed by atoms with Gasteiger partial charge in [0.05, 0.1) is 5.02 Å². The fourth-order valence-electron chi connectivity index (χ4n) is 0.688. The van der Waals surface area contributed by atoms with Crippen LogP contribution in [0.25, 0.3) is 0 Å². The molecule has 7 heteroatoms. The maximum Gasteiger partial charge on any atom is 0.380 e. The molecule has 3 N–H and O–H groups in total. The Morgan fingerprint density at radius 2 is 2.08 bits per heavy atom. The Balaban J connectivity index is 3.10. The zero-order valence-corrected chi connectivity index (χ0v) is 7.84. The lowest BCUT2D eigenvalue weighted by Crippen LogP contribution is -2.18. The van der Waals surface area contributed by atoms with Crippen LogP contribution in [0.5, 0.6) is 11.5 Å². The van der Waals surface area contributed by atoms with Gasteiger partial charge >= 0.3 is 10.3 Å². The summed E-state index contributed by atoms with van der Waals surface area (Å²) in [7, 11) is -4.14. The van der Waals surface area contributed by atoms with Crippen LogP contribution < -0.4 is 9.32 Å². The molecule has 0 aliphatic rings. The van der Waals surface area contributed by atoms with E-state index in [0.717, 1.165) is 0 Å². The van der Waals surface area contributed by atoms with E-state index >= 15 is 0 Å². The van der Waals surface area contributed by atoms with Crippen molar-refractivity contribution in [2.24, 2.45) is 5.14 Å². The second-order valence-corrected chi connectivity index (χ2v) is 3.72. The molecule has 0 fully saturated rings. The lowest BCUT2D eigenvalue weighted by Gasteiger charge is -2.04. The molecule has 1 aromatic carbocycles. The zero-order valence-electron chi connectivity index (χ0n) is 6.27. The molecule has 0 amide bonds. The number of hydrogen-bond donors (Lipinski definition) is 2. The molecule has 0 aliphatic heterocycles. The Morgan fingerprint density at radius 3 is 2.62 bits per heavy atom. The van der Waals surface area contributed by atoms with Crippen LogP contribution in [0.1, 0.15) is 0 Å². The Labute approximate surface area is 80.0 Å². The first-order chi connectivity index (χ1) is 5.90. The van der Waals surface area contributed by atoms with E-state index in [9.17, 15) is 13.5 Å². The van der Waals surface area contributed by atoms with Crippen molar-refractivity contribution >= 4 is 21.9 Å². The molecule has 0 saturated carbocycles. The van der Waals surface area contributed by atoms with Gasteiger partial charge in [-0.1, -0.05) is 17.7 Å². The largest absolute Gasteiger partial charge is 0.503 e. The minimum absolute atomic E-state index is 0.0128. The number of hydrogen-bond acceptors (Lipinski definition) is 4. The van der Waals surface area contributed by atoms with Gasteiger partial charge in [0.1, 0.15) is 0 Å². The highest BCUT2D eigenvalue weighted by Gasteiger charge is 2.11.